The molecule has 74 valence electrons. The summed E-state index contributed by atoms with van der Waals surface area (Å²) in [7, 11) is 0. The van der Waals surface area contributed by atoms with Crippen molar-refractivity contribution < 1.29 is 0 Å². The first-order chi connectivity index (χ1) is 7.36. The number of benzene rings is 2. The summed E-state index contributed by atoms with van der Waals surface area (Å²) in [6, 6.07) is 20.1. The molecule has 0 heterocycles. The molecule has 0 spiro atoms. The van der Waals surface area contributed by atoms with E-state index in [-0.39, 0.29) is 0 Å². The first kappa shape index (κ1) is 9.53. The normalized spacial score (nSPS) is 11.3. The number of hydrogen-bond donors (Lipinski definition) is 1. The van der Waals surface area contributed by atoms with Crippen molar-refractivity contribution in [2.45, 2.75) is 0 Å². The number of hydrogen-bond acceptors (Lipinski definition) is 1. The lowest BCUT2D eigenvalue weighted by Gasteiger charge is -2.01. The van der Waals surface area contributed by atoms with Crippen LogP contribution in [0.15, 0.2) is 60.7 Å². The van der Waals surface area contributed by atoms with Crippen LogP contribution in [0.2, 0.25) is 0 Å². The average molecular weight is 195 g/mol. The Morgan fingerprint density at radius 1 is 0.800 bits per heavy atom. The van der Waals surface area contributed by atoms with Crippen molar-refractivity contribution in [3.05, 3.63) is 71.8 Å². The van der Waals surface area contributed by atoms with Gasteiger partial charge in [-0.15, -0.1) is 0 Å². The van der Waals surface area contributed by atoms with Crippen LogP contribution in [0.1, 0.15) is 11.1 Å². The van der Waals surface area contributed by atoms with E-state index in [0.29, 0.717) is 0 Å². The van der Waals surface area contributed by atoms with Gasteiger partial charge >= 0.3 is 0 Å². The topological polar surface area (TPSA) is 26.0 Å². The Hall–Kier alpha value is -2.02. The lowest BCUT2D eigenvalue weighted by Crippen LogP contribution is -1.95. The van der Waals surface area contributed by atoms with E-state index in [2.05, 4.69) is 0 Å². The molecule has 0 aliphatic heterocycles. The van der Waals surface area contributed by atoms with Crippen LogP contribution in [0.5, 0.6) is 0 Å². The van der Waals surface area contributed by atoms with Crippen LogP contribution in [0.3, 0.4) is 0 Å². The molecule has 0 saturated heterocycles. The van der Waals surface area contributed by atoms with Crippen LogP contribution < -0.4 is 5.73 Å². The SMILES string of the molecule is N/C(=C\c1ccccc1)c1ccccc1. The van der Waals surface area contributed by atoms with Crippen LogP contribution in [0.4, 0.5) is 0 Å². The van der Waals surface area contributed by atoms with Gasteiger partial charge in [-0.3, -0.25) is 0 Å². The summed E-state index contributed by atoms with van der Waals surface area (Å²) in [5.41, 5.74) is 8.96. The van der Waals surface area contributed by atoms with Crippen molar-refractivity contribution >= 4 is 11.8 Å². The molecule has 2 rings (SSSR count). The van der Waals surface area contributed by atoms with Gasteiger partial charge in [-0.1, -0.05) is 60.7 Å². The highest BCUT2D eigenvalue weighted by molar-refractivity contribution is 5.79. The molecule has 2 aromatic rings. The minimum atomic E-state index is 0.793. The van der Waals surface area contributed by atoms with Crippen molar-refractivity contribution in [3.8, 4) is 0 Å². The third-order valence-corrected chi connectivity index (χ3v) is 2.23. The fraction of sp³-hybridized carbons (Fsp3) is 0. The van der Waals surface area contributed by atoms with Gasteiger partial charge in [0, 0.05) is 5.70 Å². The van der Waals surface area contributed by atoms with Gasteiger partial charge in [-0.25, -0.2) is 0 Å². The maximum atomic E-state index is 5.99. The molecule has 1 heteroatoms. The summed E-state index contributed by atoms with van der Waals surface area (Å²) in [5.74, 6) is 0. The van der Waals surface area contributed by atoms with Crippen molar-refractivity contribution in [2.24, 2.45) is 5.73 Å². The summed E-state index contributed by atoms with van der Waals surface area (Å²) < 4.78 is 0. The second-order valence-electron chi connectivity index (χ2n) is 3.38. The van der Waals surface area contributed by atoms with Gasteiger partial charge in [-0.05, 0) is 17.2 Å². The molecule has 0 unspecified atom stereocenters. The second kappa shape index (κ2) is 4.47. The summed E-state index contributed by atoms with van der Waals surface area (Å²) in [6.07, 6.45) is 1.98. The summed E-state index contributed by atoms with van der Waals surface area (Å²) >= 11 is 0. The summed E-state index contributed by atoms with van der Waals surface area (Å²) in [4.78, 5) is 0. The highest BCUT2D eigenvalue weighted by atomic mass is 14.6. The molecule has 0 atom stereocenters. The van der Waals surface area contributed by atoms with E-state index in [9.17, 15) is 0 Å². The molecule has 15 heavy (non-hydrogen) atoms. The second-order valence-corrected chi connectivity index (χ2v) is 3.38. The average Bonchev–Trinajstić information content (AvgIpc) is 2.31. The van der Waals surface area contributed by atoms with E-state index >= 15 is 0 Å². The van der Waals surface area contributed by atoms with E-state index < -0.39 is 0 Å². The van der Waals surface area contributed by atoms with Crippen molar-refractivity contribution in [2.75, 3.05) is 0 Å². The Morgan fingerprint density at radius 2 is 1.33 bits per heavy atom. The van der Waals surface area contributed by atoms with Gasteiger partial charge in [-0.2, -0.15) is 0 Å². The molecule has 1 nitrogen and oxygen atoms in total. The molecule has 0 aliphatic carbocycles. The summed E-state index contributed by atoms with van der Waals surface area (Å²) in [5, 5.41) is 0. The van der Waals surface area contributed by atoms with E-state index in [1.165, 1.54) is 0 Å². The first-order valence-corrected chi connectivity index (χ1v) is 4.94. The fourth-order valence-electron chi connectivity index (χ4n) is 1.44. The highest BCUT2D eigenvalue weighted by Gasteiger charge is 1.94. The third-order valence-electron chi connectivity index (χ3n) is 2.23. The van der Waals surface area contributed by atoms with Crippen molar-refractivity contribution in [1.82, 2.24) is 0 Å². The maximum Gasteiger partial charge on any atom is 0.0393 e. The predicted octanol–water partition coefficient (Wildman–Crippen LogP) is 3.14. The minimum Gasteiger partial charge on any atom is -0.398 e. The van der Waals surface area contributed by atoms with Crippen LogP contribution in [-0.2, 0) is 0 Å². The Kier molecular flexibility index (Phi) is 2.84. The fourth-order valence-corrected chi connectivity index (χ4v) is 1.44. The predicted molar refractivity (Wildman–Crippen MR) is 64.9 cm³/mol. The Labute approximate surface area is 89.9 Å². The van der Waals surface area contributed by atoms with E-state index in [1.54, 1.807) is 0 Å². The smallest absolute Gasteiger partial charge is 0.0393 e. The quantitative estimate of drug-likeness (QED) is 0.732. The maximum absolute atomic E-state index is 5.99. The summed E-state index contributed by atoms with van der Waals surface area (Å²) in [6.45, 7) is 0. The monoisotopic (exact) mass is 195 g/mol. The zero-order valence-corrected chi connectivity index (χ0v) is 8.43. The molecule has 2 N–H and O–H groups in total. The first-order valence-electron chi connectivity index (χ1n) is 4.94. The van der Waals surface area contributed by atoms with E-state index in [0.717, 1.165) is 16.8 Å². The molecule has 0 radical (unpaired) electrons. The zero-order valence-electron chi connectivity index (χ0n) is 8.43. The lowest BCUT2D eigenvalue weighted by atomic mass is 10.1. The van der Waals surface area contributed by atoms with Gasteiger partial charge in [0.05, 0.1) is 0 Å². The van der Waals surface area contributed by atoms with Crippen molar-refractivity contribution in [1.29, 1.82) is 0 Å². The molecule has 0 fully saturated rings. The van der Waals surface area contributed by atoms with E-state index in [4.69, 9.17) is 5.73 Å². The molecule has 0 aromatic heterocycles. The zero-order chi connectivity index (χ0) is 10.5. The number of rotatable bonds is 2. The van der Waals surface area contributed by atoms with Crippen LogP contribution in [0, 0.1) is 0 Å². The molecule has 0 bridgehead atoms. The molecule has 0 amide bonds. The van der Waals surface area contributed by atoms with Gasteiger partial charge in [0.2, 0.25) is 0 Å². The molecular weight excluding hydrogens is 182 g/mol. The Bertz CT molecular complexity index is 443. The van der Waals surface area contributed by atoms with Gasteiger partial charge in [0.15, 0.2) is 0 Å². The largest absolute Gasteiger partial charge is 0.398 e. The molecular formula is C14H13N. The molecule has 2 aromatic carbocycles. The minimum absolute atomic E-state index is 0.793. The standard InChI is InChI=1S/C14H13N/c15-14(13-9-5-2-6-10-13)11-12-7-3-1-4-8-12/h1-11H,15H2/b14-11-. The third kappa shape index (κ3) is 2.47. The van der Waals surface area contributed by atoms with Crippen LogP contribution in [0.25, 0.3) is 11.8 Å². The Balaban J connectivity index is 2.29. The van der Waals surface area contributed by atoms with Crippen LogP contribution >= 0.6 is 0 Å². The molecule has 0 saturated carbocycles. The van der Waals surface area contributed by atoms with Crippen LogP contribution in [-0.4, -0.2) is 0 Å². The lowest BCUT2D eigenvalue weighted by molar-refractivity contribution is 1.53. The number of nitrogens with two attached hydrogens (primary N) is 1. The van der Waals surface area contributed by atoms with Gasteiger partial charge < -0.3 is 5.73 Å². The van der Waals surface area contributed by atoms with Gasteiger partial charge in [0.1, 0.15) is 0 Å². The highest BCUT2D eigenvalue weighted by Crippen LogP contribution is 2.12. The van der Waals surface area contributed by atoms with Crippen molar-refractivity contribution in [3.63, 3.8) is 0 Å². The Morgan fingerprint density at radius 3 is 1.93 bits per heavy atom. The van der Waals surface area contributed by atoms with Gasteiger partial charge in [0.25, 0.3) is 0 Å². The molecule has 0 aliphatic rings. The van der Waals surface area contributed by atoms with E-state index in [1.807, 2.05) is 66.7 Å².